The Balaban J connectivity index is 3.07. The minimum absolute atomic E-state index is 0.429. The molecular formula is C11H12ClNO. The Hall–Kier alpha value is -1.20. The van der Waals surface area contributed by atoms with E-state index in [9.17, 15) is 0 Å². The van der Waals surface area contributed by atoms with E-state index in [2.05, 4.69) is 6.07 Å². The lowest BCUT2D eigenvalue weighted by molar-refractivity contribution is 0.339. The number of nitrogens with zero attached hydrogens (tertiary/aromatic N) is 1. The summed E-state index contributed by atoms with van der Waals surface area (Å²) in [4.78, 5) is 0. The van der Waals surface area contributed by atoms with E-state index in [1.165, 1.54) is 0 Å². The van der Waals surface area contributed by atoms with Gasteiger partial charge in [0.25, 0.3) is 0 Å². The summed E-state index contributed by atoms with van der Waals surface area (Å²) in [7, 11) is 0. The molecule has 0 radical (unpaired) electrons. The van der Waals surface area contributed by atoms with Crippen molar-refractivity contribution in [1.82, 2.24) is 0 Å². The van der Waals surface area contributed by atoms with Crippen LogP contribution >= 0.6 is 11.6 Å². The van der Waals surface area contributed by atoms with E-state index in [1.54, 1.807) is 0 Å². The van der Waals surface area contributed by atoms with E-state index in [1.807, 2.05) is 26.0 Å². The summed E-state index contributed by atoms with van der Waals surface area (Å²) in [6, 6.07) is 5.92. The number of alkyl halides is 1. The molecule has 2 nitrogen and oxygen atoms in total. The van der Waals surface area contributed by atoms with Gasteiger partial charge in [-0.05, 0) is 31.0 Å². The maximum atomic E-state index is 8.90. The molecule has 0 aromatic heterocycles. The van der Waals surface area contributed by atoms with Crippen molar-refractivity contribution in [3.63, 3.8) is 0 Å². The lowest BCUT2D eigenvalue weighted by Gasteiger charge is -2.10. The predicted molar refractivity (Wildman–Crippen MR) is 56.8 cm³/mol. The predicted octanol–water partition coefficient (Wildman–Crippen LogP) is 2.79. The van der Waals surface area contributed by atoms with Crippen LogP contribution in [0.25, 0.3) is 0 Å². The van der Waals surface area contributed by atoms with Crippen LogP contribution in [0.5, 0.6) is 5.75 Å². The van der Waals surface area contributed by atoms with Gasteiger partial charge in [0.1, 0.15) is 18.4 Å². The third kappa shape index (κ3) is 2.40. The van der Waals surface area contributed by atoms with Crippen LogP contribution in [0.4, 0.5) is 0 Å². The summed E-state index contributed by atoms with van der Waals surface area (Å²) in [5.41, 5.74) is 2.62. The Morgan fingerprint density at radius 1 is 1.43 bits per heavy atom. The quantitative estimate of drug-likeness (QED) is 0.718. The molecule has 0 fully saturated rings. The summed E-state index contributed by atoms with van der Waals surface area (Å²) in [5.74, 6) is 1.08. The molecule has 1 rings (SSSR count). The van der Waals surface area contributed by atoms with Crippen molar-refractivity contribution in [2.45, 2.75) is 13.8 Å². The molecule has 0 saturated heterocycles. The highest BCUT2D eigenvalue weighted by Crippen LogP contribution is 2.24. The van der Waals surface area contributed by atoms with E-state index < -0.39 is 0 Å². The van der Waals surface area contributed by atoms with Crippen molar-refractivity contribution in [2.24, 2.45) is 0 Å². The van der Waals surface area contributed by atoms with E-state index in [0.717, 1.165) is 11.1 Å². The highest BCUT2D eigenvalue weighted by Gasteiger charge is 2.07. The van der Waals surface area contributed by atoms with Crippen LogP contribution in [-0.2, 0) is 0 Å². The van der Waals surface area contributed by atoms with Gasteiger partial charge in [0.2, 0.25) is 0 Å². The average Bonchev–Trinajstić information content (AvgIpc) is 2.15. The van der Waals surface area contributed by atoms with E-state index in [0.29, 0.717) is 23.8 Å². The van der Waals surface area contributed by atoms with Gasteiger partial charge in [0, 0.05) is 0 Å². The fourth-order valence-corrected chi connectivity index (χ4v) is 1.45. The number of benzene rings is 1. The van der Waals surface area contributed by atoms with Gasteiger partial charge < -0.3 is 4.74 Å². The standard InChI is InChI=1S/C11H12ClNO/c1-8-5-9(2)11(14-4-3-12)10(6-8)7-13/h5-6H,3-4H2,1-2H3. The topological polar surface area (TPSA) is 33.0 Å². The Bertz CT molecular complexity index is 368. The molecule has 0 saturated carbocycles. The second-order valence-electron chi connectivity index (χ2n) is 3.11. The Morgan fingerprint density at radius 3 is 2.71 bits per heavy atom. The normalized spacial score (nSPS) is 9.57. The molecule has 0 bridgehead atoms. The van der Waals surface area contributed by atoms with Gasteiger partial charge in [-0.25, -0.2) is 0 Å². The number of aryl methyl sites for hydroxylation is 2. The highest BCUT2D eigenvalue weighted by atomic mass is 35.5. The van der Waals surface area contributed by atoms with E-state index in [4.69, 9.17) is 21.6 Å². The molecule has 0 aliphatic rings. The Morgan fingerprint density at radius 2 is 2.14 bits per heavy atom. The van der Waals surface area contributed by atoms with Crippen LogP contribution < -0.4 is 4.74 Å². The first kappa shape index (κ1) is 10.9. The zero-order valence-corrected chi connectivity index (χ0v) is 9.06. The first-order valence-corrected chi connectivity index (χ1v) is 4.92. The molecule has 0 spiro atoms. The smallest absolute Gasteiger partial charge is 0.140 e. The molecule has 0 aliphatic carbocycles. The first-order valence-electron chi connectivity index (χ1n) is 4.39. The minimum Gasteiger partial charge on any atom is -0.491 e. The average molecular weight is 210 g/mol. The van der Waals surface area contributed by atoms with Gasteiger partial charge in [-0.3, -0.25) is 0 Å². The summed E-state index contributed by atoms with van der Waals surface area (Å²) < 4.78 is 5.41. The molecule has 0 heterocycles. The summed E-state index contributed by atoms with van der Waals surface area (Å²) >= 11 is 5.52. The van der Waals surface area contributed by atoms with Crippen molar-refractivity contribution in [2.75, 3.05) is 12.5 Å². The second-order valence-corrected chi connectivity index (χ2v) is 3.49. The molecule has 0 N–H and O–H groups in total. The summed E-state index contributed by atoms with van der Waals surface area (Å²) in [5, 5.41) is 8.90. The van der Waals surface area contributed by atoms with Crippen LogP contribution in [0.15, 0.2) is 12.1 Å². The number of hydrogen-bond acceptors (Lipinski definition) is 2. The van der Waals surface area contributed by atoms with Crippen molar-refractivity contribution in [3.05, 3.63) is 28.8 Å². The number of hydrogen-bond donors (Lipinski definition) is 0. The Labute approximate surface area is 89.1 Å². The van der Waals surface area contributed by atoms with Gasteiger partial charge in [0.05, 0.1) is 11.4 Å². The number of rotatable bonds is 3. The fraction of sp³-hybridized carbons (Fsp3) is 0.364. The van der Waals surface area contributed by atoms with Crippen molar-refractivity contribution in [1.29, 1.82) is 5.26 Å². The molecule has 1 aromatic rings. The highest BCUT2D eigenvalue weighted by molar-refractivity contribution is 6.18. The zero-order chi connectivity index (χ0) is 10.6. The number of nitriles is 1. The minimum atomic E-state index is 0.429. The Kier molecular flexibility index (Phi) is 3.79. The van der Waals surface area contributed by atoms with Crippen molar-refractivity contribution >= 4 is 11.6 Å². The van der Waals surface area contributed by atoms with Gasteiger partial charge in [-0.2, -0.15) is 5.26 Å². The van der Waals surface area contributed by atoms with Gasteiger partial charge >= 0.3 is 0 Å². The third-order valence-electron chi connectivity index (χ3n) is 1.86. The van der Waals surface area contributed by atoms with Crippen LogP contribution in [0.3, 0.4) is 0 Å². The van der Waals surface area contributed by atoms with Crippen LogP contribution in [0, 0.1) is 25.2 Å². The lowest BCUT2D eigenvalue weighted by Crippen LogP contribution is -2.02. The molecular weight excluding hydrogens is 198 g/mol. The number of halogens is 1. The van der Waals surface area contributed by atoms with E-state index in [-0.39, 0.29) is 0 Å². The number of ether oxygens (including phenoxy) is 1. The van der Waals surface area contributed by atoms with Gasteiger partial charge in [0.15, 0.2) is 0 Å². The third-order valence-corrected chi connectivity index (χ3v) is 2.02. The molecule has 0 unspecified atom stereocenters. The van der Waals surface area contributed by atoms with Crippen molar-refractivity contribution < 1.29 is 4.74 Å². The maximum Gasteiger partial charge on any atom is 0.140 e. The molecule has 0 aliphatic heterocycles. The van der Waals surface area contributed by atoms with Crippen LogP contribution in [0.1, 0.15) is 16.7 Å². The molecule has 1 aromatic carbocycles. The van der Waals surface area contributed by atoms with Crippen molar-refractivity contribution in [3.8, 4) is 11.8 Å². The lowest BCUT2D eigenvalue weighted by atomic mass is 10.1. The SMILES string of the molecule is Cc1cc(C)c(OCCCl)c(C#N)c1. The maximum absolute atomic E-state index is 8.90. The van der Waals surface area contributed by atoms with Crippen LogP contribution in [0.2, 0.25) is 0 Å². The van der Waals surface area contributed by atoms with Crippen LogP contribution in [-0.4, -0.2) is 12.5 Å². The molecule has 14 heavy (non-hydrogen) atoms. The summed E-state index contributed by atoms with van der Waals surface area (Å²) in [6.07, 6.45) is 0. The summed E-state index contributed by atoms with van der Waals surface area (Å²) in [6.45, 7) is 4.32. The van der Waals surface area contributed by atoms with E-state index >= 15 is 0 Å². The molecule has 74 valence electrons. The monoisotopic (exact) mass is 209 g/mol. The second kappa shape index (κ2) is 4.88. The van der Waals surface area contributed by atoms with Gasteiger partial charge in [-0.15, -0.1) is 11.6 Å². The first-order chi connectivity index (χ1) is 6.69. The molecule has 0 atom stereocenters. The largest absolute Gasteiger partial charge is 0.491 e. The molecule has 3 heteroatoms. The molecule has 0 amide bonds. The zero-order valence-electron chi connectivity index (χ0n) is 8.30. The van der Waals surface area contributed by atoms with Gasteiger partial charge in [-0.1, -0.05) is 6.07 Å². The fourth-order valence-electron chi connectivity index (χ4n) is 1.37.